The number of aryl methyl sites for hydroxylation is 1. The Balaban J connectivity index is 2.12. The summed E-state index contributed by atoms with van der Waals surface area (Å²) in [6.45, 7) is 2.84. The van der Waals surface area contributed by atoms with E-state index in [0.717, 1.165) is 28.3 Å². The van der Waals surface area contributed by atoms with E-state index in [0.29, 0.717) is 0 Å². The molecule has 1 aromatic carbocycles. The molecule has 0 radical (unpaired) electrons. The second-order valence-electron chi connectivity index (χ2n) is 4.84. The fourth-order valence-electron chi connectivity index (χ4n) is 1.97. The molecule has 2 aromatic rings. The van der Waals surface area contributed by atoms with Crippen molar-refractivity contribution < 1.29 is 0 Å². The number of nitrogens with one attached hydrogen (secondary N) is 1. The molecule has 2 rings (SSSR count). The van der Waals surface area contributed by atoms with Crippen molar-refractivity contribution in [3.63, 3.8) is 0 Å². The van der Waals surface area contributed by atoms with E-state index in [1.807, 2.05) is 32.2 Å². The molecular weight excluding hydrogens is 304 g/mol. The Morgan fingerprint density at radius 2 is 2.11 bits per heavy atom. The predicted molar refractivity (Wildman–Crippen MR) is 83.7 cm³/mol. The van der Waals surface area contributed by atoms with Gasteiger partial charge in [0, 0.05) is 31.3 Å². The summed E-state index contributed by atoms with van der Waals surface area (Å²) in [6.07, 6.45) is 1.91. The van der Waals surface area contributed by atoms with E-state index in [1.54, 1.807) is 0 Å². The maximum Gasteiger partial charge on any atom is 0.204 e. The van der Waals surface area contributed by atoms with Gasteiger partial charge in [-0.1, -0.05) is 6.07 Å². The van der Waals surface area contributed by atoms with Crippen LogP contribution in [0.4, 0.5) is 11.6 Å². The molecule has 0 atom stereocenters. The van der Waals surface area contributed by atoms with E-state index < -0.39 is 0 Å². The van der Waals surface area contributed by atoms with E-state index >= 15 is 0 Å². The van der Waals surface area contributed by atoms with Crippen LogP contribution >= 0.6 is 15.9 Å². The van der Waals surface area contributed by atoms with Crippen LogP contribution in [-0.2, 0) is 13.6 Å². The van der Waals surface area contributed by atoms with Crippen LogP contribution in [0.25, 0.3) is 0 Å². The standard InChI is InChI=1S/C14H19BrN4/c1-10-5-6-12(15)13(7-10)16-8-11-9-17-14(18(2)3)19(11)4/h5-7,9,16H,8H2,1-4H3. The van der Waals surface area contributed by atoms with Crippen molar-refractivity contribution in [3.05, 3.63) is 40.1 Å². The molecule has 1 N–H and O–H groups in total. The summed E-state index contributed by atoms with van der Waals surface area (Å²) < 4.78 is 3.17. The van der Waals surface area contributed by atoms with Gasteiger partial charge in [0.1, 0.15) is 0 Å². The lowest BCUT2D eigenvalue weighted by atomic mass is 10.2. The lowest BCUT2D eigenvalue weighted by molar-refractivity contribution is 0.814. The first-order valence-corrected chi connectivity index (χ1v) is 6.96. The Morgan fingerprint density at radius 1 is 1.37 bits per heavy atom. The number of nitrogens with zero attached hydrogens (tertiary/aromatic N) is 3. The van der Waals surface area contributed by atoms with E-state index in [9.17, 15) is 0 Å². The summed E-state index contributed by atoms with van der Waals surface area (Å²) in [6, 6.07) is 6.28. The van der Waals surface area contributed by atoms with E-state index in [-0.39, 0.29) is 0 Å². The molecule has 19 heavy (non-hydrogen) atoms. The summed E-state index contributed by atoms with van der Waals surface area (Å²) in [4.78, 5) is 6.41. The van der Waals surface area contributed by atoms with E-state index in [2.05, 4.69) is 55.9 Å². The average Bonchev–Trinajstić information content (AvgIpc) is 2.72. The number of aromatic nitrogens is 2. The molecule has 0 amide bonds. The maximum absolute atomic E-state index is 4.40. The fraction of sp³-hybridized carbons (Fsp3) is 0.357. The molecule has 0 fully saturated rings. The molecule has 0 saturated heterocycles. The van der Waals surface area contributed by atoms with Crippen molar-refractivity contribution in [2.75, 3.05) is 24.3 Å². The normalized spacial score (nSPS) is 10.6. The zero-order valence-electron chi connectivity index (χ0n) is 11.7. The molecule has 0 saturated carbocycles. The van der Waals surface area contributed by atoms with Gasteiger partial charge in [-0.2, -0.15) is 0 Å². The Morgan fingerprint density at radius 3 is 2.74 bits per heavy atom. The monoisotopic (exact) mass is 322 g/mol. The molecule has 1 aromatic heterocycles. The van der Waals surface area contributed by atoms with Crippen LogP contribution in [0, 0.1) is 6.92 Å². The Hall–Kier alpha value is -1.49. The van der Waals surface area contributed by atoms with Gasteiger partial charge in [-0.15, -0.1) is 0 Å². The largest absolute Gasteiger partial charge is 0.378 e. The lowest BCUT2D eigenvalue weighted by Crippen LogP contribution is -2.15. The molecule has 102 valence electrons. The van der Waals surface area contributed by atoms with Crippen molar-refractivity contribution in [1.82, 2.24) is 9.55 Å². The highest BCUT2D eigenvalue weighted by Crippen LogP contribution is 2.24. The van der Waals surface area contributed by atoms with Crippen molar-refractivity contribution in [1.29, 1.82) is 0 Å². The van der Waals surface area contributed by atoms with Crippen LogP contribution < -0.4 is 10.2 Å². The molecule has 0 aliphatic heterocycles. The minimum Gasteiger partial charge on any atom is -0.378 e. The van der Waals surface area contributed by atoms with Crippen LogP contribution in [0.2, 0.25) is 0 Å². The maximum atomic E-state index is 4.40. The van der Waals surface area contributed by atoms with Crippen LogP contribution in [0.5, 0.6) is 0 Å². The molecule has 5 heteroatoms. The minimum atomic E-state index is 0.749. The second-order valence-corrected chi connectivity index (χ2v) is 5.69. The van der Waals surface area contributed by atoms with Gasteiger partial charge in [-0.25, -0.2) is 4.98 Å². The molecule has 0 aliphatic carbocycles. The zero-order valence-corrected chi connectivity index (χ0v) is 13.3. The SMILES string of the molecule is Cc1ccc(Br)c(NCc2cnc(N(C)C)n2C)c1. The molecule has 0 spiro atoms. The summed E-state index contributed by atoms with van der Waals surface area (Å²) in [7, 11) is 6.03. The van der Waals surface area contributed by atoms with Gasteiger partial charge >= 0.3 is 0 Å². The topological polar surface area (TPSA) is 33.1 Å². The third-order valence-corrected chi connectivity index (χ3v) is 3.73. The molecule has 0 aliphatic rings. The Labute approximate surface area is 122 Å². The molecule has 0 unspecified atom stereocenters. The number of imidazole rings is 1. The van der Waals surface area contributed by atoms with Crippen LogP contribution in [0.15, 0.2) is 28.9 Å². The summed E-state index contributed by atoms with van der Waals surface area (Å²) in [5, 5.41) is 3.44. The lowest BCUT2D eigenvalue weighted by Gasteiger charge is -2.14. The Kier molecular flexibility index (Phi) is 4.14. The zero-order chi connectivity index (χ0) is 14.0. The van der Waals surface area contributed by atoms with Crippen molar-refractivity contribution in [2.45, 2.75) is 13.5 Å². The quantitative estimate of drug-likeness (QED) is 0.938. The van der Waals surface area contributed by atoms with Crippen LogP contribution in [-0.4, -0.2) is 23.6 Å². The first kappa shape index (κ1) is 13.9. The summed E-state index contributed by atoms with van der Waals surface area (Å²) >= 11 is 3.56. The third-order valence-electron chi connectivity index (χ3n) is 3.04. The van der Waals surface area contributed by atoms with Gasteiger partial charge in [0.2, 0.25) is 5.95 Å². The second kappa shape index (κ2) is 5.65. The van der Waals surface area contributed by atoms with Crippen molar-refractivity contribution in [2.24, 2.45) is 7.05 Å². The van der Waals surface area contributed by atoms with E-state index in [4.69, 9.17) is 0 Å². The highest BCUT2D eigenvalue weighted by molar-refractivity contribution is 9.10. The summed E-state index contributed by atoms with van der Waals surface area (Å²) in [5.74, 6) is 0.958. The van der Waals surface area contributed by atoms with Crippen LogP contribution in [0.1, 0.15) is 11.3 Å². The van der Waals surface area contributed by atoms with Crippen molar-refractivity contribution >= 4 is 27.6 Å². The van der Waals surface area contributed by atoms with Gasteiger partial charge in [-0.3, -0.25) is 0 Å². The van der Waals surface area contributed by atoms with E-state index in [1.165, 1.54) is 5.56 Å². The number of anilines is 2. The molecule has 4 nitrogen and oxygen atoms in total. The molecule has 1 heterocycles. The predicted octanol–water partition coefficient (Wildman–Crippen LogP) is 3.17. The fourth-order valence-corrected chi connectivity index (χ4v) is 2.36. The highest BCUT2D eigenvalue weighted by Gasteiger charge is 2.08. The number of rotatable bonds is 4. The van der Waals surface area contributed by atoms with Gasteiger partial charge < -0.3 is 14.8 Å². The van der Waals surface area contributed by atoms with Gasteiger partial charge in [0.15, 0.2) is 0 Å². The number of hydrogen-bond acceptors (Lipinski definition) is 3. The molecule has 0 bridgehead atoms. The highest BCUT2D eigenvalue weighted by atomic mass is 79.9. The minimum absolute atomic E-state index is 0.749. The number of hydrogen-bond donors (Lipinski definition) is 1. The Bertz CT molecular complexity index is 575. The average molecular weight is 323 g/mol. The first-order chi connectivity index (χ1) is 8.99. The van der Waals surface area contributed by atoms with Gasteiger partial charge in [0.25, 0.3) is 0 Å². The molecular formula is C14H19BrN4. The van der Waals surface area contributed by atoms with Gasteiger partial charge in [-0.05, 0) is 40.5 Å². The smallest absolute Gasteiger partial charge is 0.204 e. The first-order valence-electron chi connectivity index (χ1n) is 6.17. The van der Waals surface area contributed by atoms with Crippen molar-refractivity contribution in [3.8, 4) is 0 Å². The van der Waals surface area contributed by atoms with Gasteiger partial charge in [0.05, 0.1) is 18.4 Å². The number of benzene rings is 1. The third kappa shape index (κ3) is 3.10. The number of halogens is 1. The summed E-state index contributed by atoms with van der Waals surface area (Å²) in [5.41, 5.74) is 3.49. The van der Waals surface area contributed by atoms with Crippen LogP contribution in [0.3, 0.4) is 0 Å².